The number of furan rings is 1. The Bertz CT molecular complexity index is 984. The number of pyridine rings is 1. The third-order valence-corrected chi connectivity index (χ3v) is 5.01. The fraction of sp³-hybridized carbons (Fsp3) is 0.238. The molecule has 0 saturated heterocycles. The van der Waals surface area contributed by atoms with E-state index in [1.54, 1.807) is 30.5 Å². The van der Waals surface area contributed by atoms with Crippen LogP contribution < -0.4 is 10.1 Å². The highest BCUT2D eigenvalue weighted by atomic mass is 79.9. The van der Waals surface area contributed by atoms with Gasteiger partial charge in [0.05, 0.1) is 0 Å². The van der Waals surface area contributed by atoms with Gasteiger partial charge in [0.25, 0.3) is 5.91 Å². The molecule has 0 aliphatic heterocycles. The summed E-state index contributed by atoms with van der Waals surface area (Å²) in [5.74, 6) is 1.85. The minimum Gasteiger partial charge on any atom is -0.485 e. The maximum Gasteiger partial charge on any atom is 0.292 e. The lowest BCUT2D eigenvalue weighted by Crippen LogP contribution is -2.11. The Kier molecular flexibility index (Phi) is 6.42. The molecule has 0 fully saturated rings. The molecule has 0 aliphatic rings. The van der Waals surface area contributed by atoms with Gasteiger partial charge in [-0.3, -0.25) is 4.79 Å². The summed E-state index contributed by atoms with van der Waals surface area (Å²) in [4.78, 5) is 16.4. The van der Waals surface area contributed by atoms with Crippen LogP contribution >= 0.6 is 27.5 Å². The molecule has 1 aromatic carbocycles. The van der Waals surface area contributed by atoms with Gasteiger partial charge in [0.15, 0.2) is 5.76 Å². The quantitative estimate of drug-likeness (QED) is 0.462. The third-order valence-electron chi connectivity index (χ3n) is 4.14. The SMILES string of the molecule is Cc1cc(OCc2ccc(C(=O)Nc3ccc(Br)cn3)o2)c(C(C)C)cc1Cl. The number of nitrogens with zero attached hydrogens (tertiary/aromatic N) is 1. The average molecular weight is 464 g/mol. The molecule has 1 amide bonds. The molecule has 5 nitrogen and oxygen atoms in total. The monoisotopic (exact) mass is 462 g/mol. The zero-order valence-corrected chi connectivity index (χ0v) is 18.1. The Morgan fingerprint density at radius 2 is 2.07 bits per heavy atom. The van der Waals surface area contributed by atoms with Crippen LogP contribution in [-0.2, 0) is 6.61 Å². The van der Waals surface area contributed by atoms with Crippen molar-refractivity contribution >= 4 is 39.3 Å². The number of carbonyl (C=O) groups is 1. The van der Waals surface area contributed by atoms with Gasteiger partial charge in [-0.15, -0.1) is 0 Å². The van der Waals surface area contributed by atoms with Gasteiger partial charge in [-0.05, 0) is 76.3 Å². The number of halogens is 2. The van der Waals surface area contributed by atoms with E-state index in [2.05, 4.69) is 40.1 Å². The second-order valence-electron chi connectivity index (χ2n) is 6.66. The number of aromatic nitrogens is 1. The molecule has 3 aromatic rings. The fourth-order valence-corrected chi connectivity index (χ4v) is 3.01. The Balaban J connectivity index is 1.67. The van der Waals surface area contributed by atoms with Crippen molar-refractivity contribution in [3.05, 3.63) is 74.7 Å². The molecule has 0 atom stereocenters. The first-order valence-corrected chi connectivity index (χ1v) is 9.95. The Morgan fingerprint density at radius 3 is 2.75 bits per heavy atom. The maximum absolute atomic E-state index is 12.3. The second kappa shape index (κ2) is 8.80. The second-order valence-corrected chi connectivity index (χ2v) is 7.99. The van der Waals surface area contributed by atoms with Crippen LogP contribution in [0, 0.1) is 6.92 Å². The van der Waals surface area contributed by atoms with Crippen LogP contribution in [0.15, 0.2) is 51.5 Å². The summed E-state index contributed by atoms with van der Waals surface area (Å²) in [6, 6.07) is 10.7. The van der Waals surface area contributed by atoms with E-state index in [1.165, 1.54) is 0 Å². The van der Waals surface area contributed by atoms with Gasteiger partial charge in [0, 0.05) is 15.7 Å². The summed E-state index contributed by atoms with van der Waals surface area (Å²) >= 11 is 9.54. The van der Waals surface area contributed by atoms with Gasteiger partial charge < -0.3 is 14.5 Å². The predicted molar refractivity (Wildman–Crippen MR) is 113 cm³/mol. The lowest BCUT2D eigenvalue weighted by Gasteiger charge is -2.15. The lowest BCUT2D eigenvalue weighted by molar-refractivity contribution is 0.0992. The number of aryl methyl sites for hydroxylation is 1. The van der Waals surface area contributed by atoms with E-state index >= 15 is 0 Å². The predicted octanol–water partition coefficient (Wildman–Crippen LogP) is 6.35. The van der Waals surface area contributed by atoms with Crippen molar-refractivity contribution in [2.75, 3.05) is 5.32 Å². The zero-order chi connectivity index (χ0) is 20.3. The zero-order valence-electron chi connectivity index (χ0n) is 15.8. The van der Waals surface area contributed by atoms with Crippen molar-refractivity contribution in [1.82, 2.24) is 4.98 Å². The van der Waals surface area contributed by atoms with Crippen molar-refractivity contribution in [2.24, 2.45) is 0 Å². The third kappa shape index (κ3) is 4.94. The molecule has 0 bridgehead atoms. The van der Waals surface area contributed by atoms with Crippen LogP contribution in [0.4, 0.5) is 5.82 Å². The van der Waals surface area contributed by atoms with Crippen molar-refractivity contribution in [3.8, 4) is 5.75 Å². The van der Waals surface area contributed by atoms with Gasteiger partial charge in [-0.1, -0.05) is 25.4 Å². The van der Waals surface area contributed by atoms with Gasteiger partial charge in [-0.25, -0.2) is 4.98 Å². The molecule has 7 heteroatoms. The van der Waals surface area contributed by atoms with Gasteiger partial charge >= 0.3 is 0 Å². The number of benzene rings is 1. The summed E-state index contributed by atoms with van der Waals surface area (Å²) in [5.41, 5.74) is 1.98. The molecule has 0 radical (unpaired) electrons. The Hall–Kier alpha value is -2.31. The van der Waals surface area contributed by atoms with Crippen LogP contribution in [0.3, 0.4) is 0 Å². The van der Waals surface area contributed by atoms with E-state index in [4.69, 9.17) is 20.8 Å². The van der Waals surface area contributed by atoms with Crippen molar-refractivity contribution in [1.29, 1.82) is 0 Å². The first-order valence-electron chi connectivity index (χ1n) is 8.78. The number of ether oxygens (including phenoxy) is 1. The molecule has 2 heterocycles. The molecule has 2 aromatic heterocycles. The summed E-state index contributed by atoms with van der Waals surface area (Å²) in [6.07, 6.45) is 1.61. The molecule has 28 heavy (non-hydrogen) atoms. The van der Waals surface area contributed by atoms with Gasteiger partial charge in [-0.2, -0.15) is 0 Å². The molecular formula is C21H20BrClN2O3. The molecule has 0 aliphatic carbocycles. The first kappa shape index (κ1) is 20.4. The van der Waals surface area contributed by atoms with Crippen molar-refractivity contribution in [3.63, 3.8) is 0 Å². The van der Waals surface area contributed by atoms with E-state index in [0.29, 0.717) is 11.6 Å². The molecule has 0 unspecified atom stereocenters. The topological polar surface area (TPSA) is 64.4 Å². The minimum absolute atomic E-state index is 0.194. The van der Waals surface area contributed by atoms with E-state index in [9.17, 15) is 4.79 Å². The number of hydrogen-bond acceptors (Lipinski definition) is 4. The fourth-order valence-electron chi connectivity index (χ4n) is 2.60. The maximum atomic E-state index is 12.3. The van der Waals surface area contributed by atoms with E-state index < -0.39 is 0 Å². The number of hydrogen-bond donors (Lipinski definition) is 1. The van der Waals surface area contributed by atoms with E-state index in [-0.39, 0.29) is 24.2 Å². The molecule has 146 valence electrons. The Labute approximate surface area is 177 Å². The summed E-state index contributed by atoms with van der Waals surface area (Å²) < 4.78 is 12.4. The number of rotatable bonds is 6. The largest absolute Gasteiger partial charge is 0.485 e. The number of nitrogens with one attached hydrogen (secondary N) is 1. The van der Waals surface area contributed by atoms with Crippen LogP contribution in [0.2, 0.25) is 5.02 Å². The van der Waals surface area contributed by atoms with Crippen LogP contribution in [0.5, 0.6) is 5.75 Å². The summed E-state index contributed by atoms with van der Waals surface area (Å²) in [6.45, 7) is 6.31. The van der Waals surface area contributed by atoms with E-state index in [0.717, 1.165) is 26.4 Å². The van der Waals surface area contributed by atoms with E-state index in [1.807, 2.05) is 19.1 Å². The number of amides is 1. The molecule has 3 rings (SSSR count). The molecule has 1 N–H and O–H groups in total. The molecular weight excluding hydrogens is 444 g/mol. The first-order chi connectivity index (χ1) is 13.3. The average Bonchev–Trinajstić information content (AvgIpc) is 3.13. The standard InChI is InChI=1S/C21H20BrClN2O3/c1-12(2)16-9-17(23)13(3)8-19(16)27-11-15-5-6-18(28-15)21(26)25-20-7-4-14(22)10-24-20/h4-10,12H,11H2,1-3H3,(H,24,25,26). The highest BCUT2D eigenvalue weighted by Gasteiger charge is 2.15. The van der Waals surface area contributed by atoms with Gasteiger partial charge in [0.1, 0.15) is 23.9 Å². The number of anilines is 1. The van der Waals surface area contributed by atoms with Crippen molar-refractivity contribution < 1.29 is 13.9 Å². The molecule has 0 spiro atoms. The summed E-state index contributed by atoms with van der Waals surface area (Å²) in [7, 11) is 0. The Morgan fingerprint density at radius 1 is 1.29 bits per heavy atom. The normalized spacial score (nSPS) is 10.9. The van der Waals surface area contributed by atoms with Crippen molar-refractivity contribution in [2.45, 2.75) is 33.3 Å². The minimum atomic E-state index is -0.369. The number of carbonyl (C=O) groups excluding carboxylic acids is 1. The molecule has 0 saturated carbocycles. The smallest absolute Gasteiger partial charge is 0.292 e. The van der Waals surface area contributed by atoms with Crippen LogP contribution in [0.1, 0.15) is 47.2 Å². The van der Waals surface area contributed by atoms with Crippen LogP contribution in [-0.4, -0.2) is 10.9 Å². The highest BCUT2D eigenvalue weighted by Crippen LogP contribution is 2.32. The van der Waals surface area contributed by atoms with Gasteiger partial charge in [0.2, 0.25) is 0 Å². The van der Waals surface area contributed by atoms with Crippen LogP contribution in [0.25, 0.3) is 0 Å². The highest BCUT2D eigenvalue weighted by molar-refractivity contribution is 9.10. The lowest BCUT2D eigenvalue weighted by atomic mass is 10.0. The summed E-state index contributed by atoms with van der Waals surface area (Å²) in [5, 5.41) is 3.41.